The van der Waals surface area contributed by atoms with Crippen LogP contribution in [0.3, 0.4) is 0 Å². The van der Waals surface area contributed by atoms with Crippen molar-refractivity contribution in [3.8, 4) is 5.75 Å². The number of unbranched alkanes of at least 4 members (excludes halogenated alkanes) is 2. The molecule has 1 amide bonds. The molecule has 1 unspecified atom stereocenters. The van der Waals surface area contributed by atoms with Gasteiger partial charge < -0.3 is 14.7 Å². The Morgan fingerprint density at radius 2 is 1.68 bits per heavy atom. The van der Waals surface area contributed by atoms with E-state index in [0.29, 0.717) is 12.2 Å². The number of ether oxygens (including phenoxy) is 1. The Kier molecular flexibility index (Phi) is 7.38. The Labute approximate surface area is 199 Å². The van der Waals surface area contributed by atoms with Gasteiger partial charge >= 0.3 is 0 Å². The third-order valence-electron chi connectivity index (χ3n) is 5.90. The van der Waals surface area contributed by atoms with E-state index in [-0.39, 0.29) is 17.9 Å². The van der Waals surface area contributed by atoms with E-state index in [1.165, 1.54) is 17.3 Å². The Morgan fingerprint density at radius 3 is 2.35 bits per heavy atom. The number of benzene rings is 2. The van der Waals surface area contributed by atoms with Gasteiger partial charge in [0, 0.05) is 24.5 Å². The monoisotopic (exact) mass is 456 g/mol. The van der Waals surface area contributed by atoms with E-state index >= 15 is 0 Å². The standard InChI is InChI=1S/C28H28N2O4/c1-2-3-7-18-34-23-12-10-21(11-13-23)25-24(26(31)22-14-16-29-17-15-22)27(32)28(33)30(25)19-20-8-5-4-6-9-20/h4-6,8-17,25,31H,2-3,7,18-19H2,1H3. The van der Waals surface area contributed by atoms with Crippen molar-refractivity contribution in [3.05, 3.63) is 101 Å². The molecule has 4 rings (SSSR count). The lowest BCUT2D eigenvalue weighted by molar-refractivity contribution is -0.140. The van der Waals surface area contributed by atoms with E-state index < -0.39 is 17.7 Å². The van der Waals surface area contributed by atoms with E-state index in [9.17, 15) is 14.7 Å². The maximum Gasteiger partial charge on any atom is 0.295 e. The molecule has 3 aromatic rings. The highest BCUT2D eigenvalue weighted by atomic mass is 16.5. The van der Waals surface area contributed by atoms with Gasteiger partial charge in [-0.2, -0.15) is 0 Å². The van der Waals surface area contributed by atoms with Gasteiger partial charge in [-0.25, -0.2) is 0 Å². The molecule has 1 aliphatic heterocycles. The fraction of sp³-hybridized carbons (Fsp3) is 0.250. The fourth-order valence-corrected chi connectivity index (χ4v) is 4.12. The molecule has 1 fully saturated rings. The minimum absolute atomic E-state index is 0.0729. The molecule has 6 nitrogen and oxygen atoms in total. The molecule has 1 aromatic heterocycles. The molecule has 1 aliphatic rings. The highest BCUT2D eigenvalue weighted by Crippen LogP contribution is 2.40. The number of nitrogens with zero attached hydrogens (tertiary/aromatic N) is 2. The number of amides is 1. The zero-order valence-corrected chi connectivity index (χ0v) is 19.2. The molecule has 174 valence electrons. The minimum Gasteiger partial charge on any atom is -0.507 e. The van der Waals surface area contributed by atoms with E-state index in [1.54, 1.807) is 12.1 Å². The van der Waals surface area contributed by atoms with Crippen LogP contribution in [-0.2, 0) is 16.1 Å². The van der Waals surface area contributed by atoms with Gasteiger partial charge in [0.1, 0.15) is 11.5 Å². The number of aliphatic hydroxyl groups excluding tert-OH is 1. The van der Waals surface area contributed by atoms with Gasteiger partial charge in [-0.3, -0.25) is 14.6 Å². The quantitative estimate of drug-likeness (QED) is 0.205. The van der Waals surface area contributed by atoms with Gasteiger partial charge in [-0.05, 0) is 41.8 Å². The fourth-order valence-electron chi connectivity index (χ4n) is 4.12. The summed E-state index contributed by atoms with van der Waals surface area (Å²) in [5.74, 6) is -0.810. The van der Waals surface area contributed by atoms with Crippen LogP contribution in [-0.4, -0.2) is 33.3 Å². The van der Waals surface area contributed by atoms with Crippen molar-refractivity contribution < 1.29 is 19.4 Å². The van der Waals surface area contributed by atoms with Crippen molar-refractivity contribution >= 4 is 17.4 Å². The van der Waals surface area contributed by atoms with Crippen LogP contribution in [0.2, 0.25) is 0 Å². The number of carbonyl (C=O) groups is 2. The molecule has 1 saturated heterocycles. The number of ketones is 1. The number of Topliss-reactive ketones (excluding diaryl/α,β-unsaturated/α-hetero) is 1. The topological polar surface area (TPSA) is 79.7 Å². The number of rotatable bonds is 9. The number of aliphatic hydroxyl groups is 1. The van der Waals surface area contributed by atoms with Gasteiger partial charge in [0.15, 0.2) is 0 Å². The van der Waals surface area contributed by atoms with Crippen LogP contribution in [0.25, 0.3) is 5.76 Å². The van der Waals surface area contributed by atoms with E-state index in [0.717, 1.165) is 36.1 Å². The molecule has 1 atom stereocenters. The molecule has 34 heavy (non-hydrogen) atoms. The van der Waals surface area contributed by atoms with Gasteiger partial charge in [-0.15, -0.1) is 0 Å². The zero-order chi connectivity index (χ0) is 23.9. The van der Waals surface area contributed by atoms with Crippen LogP contribution >= 0.6 is 0 Å². The van der Waals surface area contributed by atoms with Crippen molar-refractivity contribution in [1.29, 1.82) is 0 Å². The lowest BCUT2D eigenvalue weighted by Crippen LogP contribution is -2.29. The number of likely N-dealkylation sites (tertiary alicyclic amines) is 1. The van der Waals surface area contributed by atoms with Crippen molar-refractivity contribution in [3.63, 3.8) is 0 Å². The summed E-state index contributed by atoms with van der Waals surface area (Å²) < 4.78 is 5.82. The second kappa shape index (κ2) is 10.8. The molecular weight excluding hydrogens is 428 g/mol. The first-order chi connectivity index (χ1) is 16.6. The van der Waals surface area contributed by atoms with Crippen LogP contribution in [0.4, 0.5) is 0 Å². The van der Waals surface area contributed by atoms with Gasteiger partial charge in [0.05, 0.1) is 18.2 Å². The second-order valence-corrected chi connectivity index (χ2v) is 8.27. The van der Waals surface area contributed by atoms with Crippen LogP contribution < -0.4 is 4.74 Å². The normalized spacial score (nSPS) is 17.2. The Balaban J connectivity index is 1.71. The first-order valence-electron chi connectivity index (χ1n) is 11.6. The minimum atomic E-state index is -0.720. The van der Waals surface area contributed by atoms with Gasteiger partial charge in [0.2, 0.25) is 0 Å². The maximum absolute atomic E-state index is 13.1. The first-order valence-corrected chi connectivity index (χ1v) is 11.6. The Morgan fingerprint density at radius 1 is 0.971 bits per heavy atom. The molecule has 0 saturated carbocycles. The summed E-state index contributed by atoms with van der Waals surface area (Å²) in [4.78, 5) is 31.7. The molecule has 2 heterocycles. The summed E-state index contributed by atoms with van der Waals surface area (Å²) in [6.07, 6.45) is 6.30. The van der Waals surface area contributed by atoms with Crippen molar-refractivity contribution in [2.24, 2.45) is 0 Å². The summed E-state index contributed by atoms with van der Waals surface area (Å²) in [6.45, 7) is 3.03. The Hall–Kier alpha value is -3.93. The average molecular weight is 457 g/mol. The third-order valence-corrected chi connectivity index (χ3v) is 5.90. The zero-order valence-electron chi connectivity index (χ0n) is 19.2. The molecule has 0 spiro atoms. The molecule has 0 bridgehead atoms. The average Bonchev–Trinajstić information content (AvgIpc) is 3.12. The van der Waals surface area contributed by atoms with Crippen LogP contribution in [0, 0.1) is 0 Å². The SMILES string of the molecule is CCCCCOc1ccc(C2C(=C(O)c3ccncc3)C(=O)C(=O)N2Cc2ccccc2)cc1. The molecule has 0 aliphatic carbocycles. The van der Waals surface area contributed by atoms with Crippen molar-refractivity contribution in [2.45, 2.75) is 38.8 Å². The molecule has 6 heteroatoms. The highest BCUT2D eigenvalue weighted by molar-refractivity contribution is 6.46. The molecule has 1 N–H and O–H groups in total. The van der Waals surface area contributed by atoms with Crippen LogP contribution in [0.15, 0.2) is 84.7 Å². The predicted octanol–water partition coefficient (Wildman–Crippen LogP) is 5.27. The molecular formula is C28H28N2O4. The second-order valence-electron chi connectivity index (χ2n) is 8.27. The lowest BCUT2D eigenvalue weighted by atomic mass is 9.95. The van der Waals surface area contributed by atoms with E-state index in [4.69, 9.17) is 4.74 Å². The summed E-state index contributed by atoms with van der Waals surface area (Å²) in [7, 11) is 0. The van der Waals surface area contributed by atoms with E-state index in [1.807, 2.05) is 54.6 Å². The summed E-state index contributed by atoms with van der Waals surface area (Å²) in [5.41, 5.74) is 2.14. The van der Waals surface area contributed by atoms with Gasteiger partial charge in [-0.1, -0.05) is 62.2 Å². The smallest absolute Gasteiger partial charge is 0.295 e. The summed E-state index contributed by atoms with van der Waals surface area (Å²) in [6, 6.07) is 19.4. The van der Waals surface area contributed by atoms with Gasteiger partial charge in [0.25, 0.3) is 11.7 Å². The van der Waals surface area contributed by atoms with Crippen molar-refractivity contribution in [2.75, 3.05) is 6.61 Å². The number of aromatic nitrogens is 1. The largest absolute Gasteiger partial charge is 0.507 e. The van der Waals surface area contributed by atoms with Crippen molar-refractivity contribution in [1.82, 2.24) is 9.88 Å². The number of carbonyl (C=O) groups excluding carboxylic acids is 2. The highest BCUT2D eigenvalue weighted by Gasteiger charge is 2.46. The maximum atomic E-state index is 13.1. The summed E-state index contributed by atoms with van der Waals surface area (Å²) >= 11 is 0. The number of hydrogen-bond donors (Lipinski definition) is 1. The molecule has 2 aromatic carbocycles. The van der Waals surface area contributed by atoms with E-state index in [2.05, 4.69) is 11.9 Å². The molecule has 0 radical (unpaired) electrons. The number of pyridine rings is 1. The summed E-state index contributed by atoms with van der Waals surface area (Å²) in [5, 5.41) is 11.1. The third kappa shape index (κ3) is 5.01. The number of hydrogen-bond acceptors (Lipinski definition) is 5. The Bertz CT molecular complexity index is 1160. The lowest BCUT2D eigenvalue weighted by Gasteiger charge is -2.25. The van der Waals surface area contributed by atoms with Crippen LogP contribution in [0.5, 0.6) is 5.75 Å². The first kappa shape index (κ1) is 23.2. The predicted molar refractivity (Wildman–Crippen MR) is 130 cm³/mol. The van der Waals surface area contributed by atoms with Crippen LogP contribution in [0.1, 0.15) is 48.9 Å².